The molecule has 0 fully saturated rings. The molecule has 2 bridgehead atoms. The Bertz CT molecular complexity index is 1290. The maximum Gasteiger partial charge on any atom is 0.260 e. The van der Waals surface area contributed by atoms with Crippen LogP contribution in [0.2, 0.25) is 0 Å². The van der Waals surface area contributed by atoms with Gasteiger partial charge in [-0.05, 0) is 63.1 Å². The van der Waals surface area contributed by atoms with Gasteiger partial charge in [0.25, 0.3) is 5.91 Å². The van der Waals surface area contributed by atoms with E-state index in [4.69, 9.17) is 4.74 Å². The first-order valence-electron chi connectivity index (χ1n) is 10.7. The highest BCUT2D eigenvalue weighted by Crippen LogP contribution is 2.26. The molecule has 0 unspecified atom stereocenters. The third kappa shape index (κ3) is 3.87. The summed E-state index contributed by atoms with van der Waals surface area (Å²) in [4.78, 5) is 22.3. The zero-order valence-corrected chi connectivity index (χ0v) is 18.1. The fourth-order valence-electron chi connectivity index (χ4n) is 3.95. The van der Waals surface area contributed by atoms with Crippen LogP contribution < -0.4 is 10.1 Å². The third-order valence-electron chi connectivity index (χ3n) is 5.45. The van der Waals surface area contributed by atoms with E-state index in [9.17, 15) is 4.79 Å². The number of benzene rings is 1. The van der Waals surface area contributed by atoms with Crippen LogP contribution in [0.5, 0.6) is 5.75 Å². The molecule has 8 nitrogen and oxygen atoms in total. The summed E-state index contributed by atoms with van der Waals surface area (Å²) < 4.78 is 9.92. The molecule has 1 amide bonds. The Hall–Kier alpha value is -3.94. The molecular formula is C24H24N6O2. The summed E-state index contributed by atoms with van der Waals surface area (Å²) in [6, 6.07) is 13.1. The predicted octanol–water partition coefficient (Wildman–Crippen LogP) is 4.17. The summed E-state index contributed by atoms with van der Waals surface area (Å²) in [5.41, 5.74) is 3.88. The Labute approximate surface area is 185 Å². The summed E-state index contributed by atoms with van der Waals surface area (Å²) in [5.74, 6) is 1.51. The van der Waals surface area contributed by atoms with Crippen molar-refractivity contribution in [1.29, 1.82) is 0 Å². The number of rotatable bonds is 1. The molecule has 8 heteroatoms. The maximum atomic E-state index is 13.3. The average molecular weight is 428 g/mol. The SMILES string of the molecule is Cc1cc(C)n(-c2ccc3c(c2)C(=O)Nc2cccc(n2)-c2nccn2CCCCO3)n1. The third-order valence-corrected chi connectivity index (χ3v) is 5.45. The molecule has 0 radical (unpaired) electrons. The highest BCUT2D eigenvalue weighted by molar-refractivity contribution is 6.06. The van der Waals surface area contributed by atoms with Gasteiger partial charge in [0.2, 0.25) is 0 Å². The number of carbonyl (C=O) groups excluding carboxylic acids is 1. The molecule has 1 aliphatic heterocycles. The molecule has 0 spiro atoms. The van der Waals surface area contributed by atoms with Crippen LogP contribution in [0.3, 0.4) is 0 Å². The average Bonchev–Trinajstić information content (AvgIpc) is 3.39. The van der Waals surface area contributed by atoms with Gasteiger partial charge in [0.1, 0.15) is 17.3 Å². The number of hydrogen-bond donors (Lipinski definition) is 1. The van der Waals surface area contributed by atoms with Crippen LogP contribution >= 0.6 is 0 Å². The highest BCUT2D eigenvalue weighted by atomic mass is 16.5. The minimum Gasteiger partial charge on any atom is -0.493 e. The first kappa shape index (κ1) is 20.0. The Morgan fingerprint density at radius 3 is 2.84 bits per heavy atom. The lowest BCUT2D eigenvalue weighted by Crippen LogP contribution is -2.16. The van der Waals surface area contributed by atoms with E-state index in [1.807, 2.05) is 61.1 Å². The molecule has 1 aliphatic rings. The standard InChI is InChI=1S/C24H24N6O2/c1-16-14-17(2)30(28-16)18-8-9-21-19(15-18)24(31)27-22-7-5-6-20(26-22)23-25-10-12-29(23)11-3-4-13-32-21/h5-10,12,14-15H,3-4,11,13H2,1-2H3,(H,26,27,31). The van der Waals surface area contributed by atoms with Gasteiger partial charge in [0.15, 0.2) is 5.82 Å². The second-order valence-corrected chi connectivity index (χ2v) is 7.88. The number of fused-ring (bicyclic) bond motifs is 5. The van der Waals surface area contributed by atoms with E-state index >= 15 is 0 Å². The molecule has 0 atom stereocenters. The van der Waals surface area contributed by atoms with Crippen molar-refractivity contribution in [2.75, 3.05) is 11.9 Å². The zero-order valence-electron chi connectivity index (χ0n) is 18.1. The van der Waals surface area contributed by atoms with Crippen LogP contribution in [0.25, 0.3) is 17.2 Å². The highest BCUT2D eigenvalue weighted by Gasteiger charge is 2.18. The van der Waals surface area contributed by atoms with Crippen molar-refractivity contribution in [1.82, 2.24) is 24.3 Å². The van der Waals surface area contributed by atoms with Gasteiger partial charge in [-0.2, -0.15) is 5.10 Å². The molecule has 0 saturated heterocycles. The van der Waals surface area contributed by atoms with Crippen molar-refractivity contribution >= 4 is 11.7 Å². The minimum atomic E-state index is -0.284. The van der Waals surface area contributed by atoms with Crippen LogP contribution in [-0.2, 0) is 6.54 Å². The summed E-state index contributed by atoms with van der Waals surface area (Å²) in [7, 11) is 0. The second kappa shape index (κ2) is 8.30. The molecule has 5 rings (SSSR count). The first-order chi connectivity index (χ1) is 15.6. The van der Waals surface area contributed by atoms with Gasteiger partial charge in [-0.1, -0.05) is 6.07 Å². The normalized spacial score (nSPS) is 14.0. The summed E-state index contributed by atoms with van der Waals surface area (Å²) >= 11 is 0. The number of amides is 1. The lowest BCUT2D eigenvalue weighted by molar-refractivity contribution is 0.102. The lowest BCUT2D eigenvalue weighted by Gasteiger charge is -2.15. The molecule has 0 aliphatic carbocycles. The number of aromatic nitrogens is 5. The number of imidazole rings is 1. The largest absolute Gasteiger partial charge is 0.493 e. The number of hydrogen-bond acceptors (Lipinski definition) is 5. The van der Waals surface area contributed by atoms with Gasteiger partial charge < -0.3 is 14.6 Å². The molecule has 162 valence electrons. The number of carbonyl (C=O) groups is 1. The lowest BCUT2D eigenvalue weighted by atomic mass is 10.1. The van der Waals surface area contributed by atoms with Gasteiger partial charge in [-0.15, -0.1) is 0 Å². The second-order valence-electron chi connectivity index (χ2n) is 7.88. The predicted molar refractivity (Wildman–Crippen MR) is 121 cm³/mol. The molecule has 3 aromatic heterocycles. The molecule has 4 heterocycles. The molecular weight excluding hydrogens is 404 g/mol. The number of anilines is 1. The van der Waals surface area contributed by atoms with Crippen molar-refractivity contribution in [3.63, 3.8) is 0 Å². The Kier molecular flexibility index (Phi) is 5.18. The van der Waals surface area contributed by atoms with E-state index in [1.165, 1.54) is 0 Å². The smallest absolute Gasteiger partial charge is 0.260 e. The van der Waals surface area contributed by atoms with Gasteiger partial charge in [-0.25, -0.2) is 14.6 Å². The number of aryl methyl sites for hydroxylation is 3. The Morgan fingerprint density at radius 2 is 2.00 bits per heavy atom. The molecule has 32 heavy (non-hydrogen) atoms. The van der Waals surface area contributed by atoms with Gasteiger partial charge in [-0.3, -0.25) is 4.79 Å². The number of ether oxygens (including phenoxy) is 1. The van der Waals surface area contributed by atoms with E-state index in [1.54, 1.807) is 12.3 Å². The zero-order chi connectivity index (χ0) is 22.1. The van der Waals surface area contributed by atoms with Crippen LogP contribution in [-0.4, -0.2) is 36.8 Å². The molecule has 1 aromatic carbocycles. The minimum absolute atomic E-state index is 0.284. The van der Waals surface area contributed by atoms with Crippen molar-refractivity contribution in [3.8, 4) is 23.0 Å². The monoisotopic (exact) mass is 428 g/mol. The summed E-state index contributed by atoms with van der Waals surface area (Å²) in [6.07, 6.45) is 5.50. The molecule has 0 saturated carbocycles. The van der Waals surface area contributed by atoms with Gasteiger partial charge >= 0.3 is 0 Å². The van der Waals surface area contributed by atoms with E-state index in [0.717, 1.165) is 48.0 Å². The van der Waals surface area contributed by atoms with Crippen LogP contribution in [0.15, 0.2) is 54.9 Å². The van der Waals surface area contributed by atoms with Crippen molar-refractivity contribution < 1.29 is 9.53 Å². The van der Waals surface area contributed by atoms with Crippen LogP contribution in [0.1, 0.15) is 34.6 Å². The molecule has 4 aromatic rings. The van der Waals surface area contributed by atoms with Crippen molar-refractivity contribution in [2.24, 2.45) is 0 Å². The van der Waals surface area contributed by atoms with E-state index in [2.05, 4.69) is 25.0 Å². The van der Waals surface area contributed by atoms with E-state index in [0.29, 0.717) is 23.7 Å². The van der Waals surface area contributed by atoms with Crippen LogP contribution in [0, 0.1) is 13.8 Å². The fraction of sp³-hybridized carbons (Fsp3) is 0.250. The molecule has 1 N–H and O–H groups in total. The summed E-state index contributed by atoms with van der Waals surface area (Å²) in [5, 5.41) is 7.46. The quantitative estimate of drug-likeness (QED) is 0.492. The van der Waals surface area contributed by atoms with Gasteiger partial charge in [0, 0.05) is 24.6 Å². The van der Waals surface area contributed by atoms with E-state index < -0.39 is 0 Å². The maximum absolute atomic E-state index is 13.3. The fourth-order valence-corrected chi connectivity index (χ4v) is 3.95. The number of nitrogens with one attached hydrogen (secondary N) is 1. The van der Waals surface area contributed by atoms with Gasteiger partial charge in [0.05, 0.1) is 23.6 Å². The van der Waals surface area contributed by atoms with Crippen molar-refractivity contribution in [3.05, 3.63) is 71.8 Å². The van der Waals surface area contributed by atoms with Crippen molar-refractivity contribution in [2.45, 2.75) is 33.2 Å². The first-order valence-corrected chi connectivity index (χ1v) is 10.7. The van der Waals surface area contributed by atoms with Crippen LogP contribution in [0.4, 0.5) is 5.82 Å². The summed E-state index contributed by atoms with van der Waals surface area (Å²) in [6.45, 7) is 5.28. The Morgan fingerprint density at radius 1 is 1.09 bits per heavy atom. The number of pyridine rings is 1. The topological polar surface area (TPSA) is 86.9 Å². The van der Waals surface area contributed by atoms with E-state index in [-0.39, 0.29) is 5.91 Å². The Balaban J connectivity index is 1.55. The number of nitrogens with zero attached hydrogens (tertiary/aromatic N) is 5.